The number of carbonyl (C=O) groups excluding carboxylic acids is 2. The predicted molar refractivity (Wildman–Crippen MR) is 133 cm³/mol. The van der Waals surface area contributed by atoms with Gasteiger partial charge in [0.1, 0.15) is 5.75 Å². The van der Waals surface area contributed by atoms with Crippen molar-refractivity contribution < 1.29 is 28.5 Å². The van der Waals surface area contributed by atoms with Gasteiger partial charge in [0.15, 0.2) is 11.5 Å². The molecule has 34 heavy (non-hydrogen) atoms. The van der Waals surface area contributed by atoms with Crippen molar-refractivity contribution in [3.05, 3.63) is 84.4 Å². The summed E-state index contributed by atoms with van der Waals surface area (Å²) in [6, 6.07) is 10.4. The van der Waals surface area contributed by atoms with E-state index in [1.807, 2.05) is 27.7 Å². The molecule has 2 rings (SSSR count). The van der Waals surface area contributed by atoms with Gasteiger partial charge in [0, 0.05) is 11.1 Å². The first kappa shape index (κ1) is 26.2. The van der Waals surface area contributed by atoms with Gasteiger partial charge in [-0.3, -0.25) is 0 Å². The second kappa shape index (κ2) is 11.7. The van der Waals surface area contributed by atoms with Crippen molar-refractivity contribution in [1.82, 2.24) is 0 Å². The molecule has 0 N–H and O–H groups in total. The van der Waals surface area contributed by atoms with Crippen LogP contribution in [0.15, 0.2) is 84.4 Å². The summed E-state index contributed by atoms with van der Waals surface area (Å²) in [5.41, 5.74) is 3.92. The second-order valence-corrected chi connectivity index (χ2v) is 8.29. The first-order valence-electron chi connectivity index (χ1n) is 10.6. The van der Waals surface area contributed by atoms with E-state index in [9.17, 15) is 9.59 Å². The summed E-state index contributed by atoms with van der Waals surface area (Å²) < 4.78 is 22.5. The lowest BCUT2D eigenvalue weighted by molar-refractivity contribution is -0.131. The van der Waals surface area contributed by atoms with Crippen molar-refractivity contribution >= 4 is 11.9 Å². The van der Waals surface area contributed by atoms with Gasteiger partial charge in [-0.1, -0.05) is 25.3 Å². The molecule has 0 radical (unpaired) electrons. The summed E-state index contributed by atoms with van der Waals surface area (Å²) in [4.78, 5) is 24.1. The Bertz CT molecular complexity index is 1120. The Hall–Kier alpha value is -4.06. The average Bonchev–Trinajstić information content (AvgIpc) is 2.77. The molecule has 0 aliphatic carbocycles. The second-order valence-electron chi connectivity index (χ2n) is 8.29. The first-order valence-corrected chi connectivity index (χ1v) is 10.6. The quantitative estimate of drug-likeness (QED) is 0.174. The third-order valence-electron chi connectivity index (χ3n) is 4.15. The molecule has 0 saturated carbocycles. The van der Waals surface area contributed by atoms with Crippen LogP contribution in [0.3, 0.4) is 0 Å². The van der Waals surface area contributed by atoms with Crippen molar-refractivity contribution in [3.8, 4) is 34.1 Å². The molecule has 0 aromatic heterocycles. The van der Waals surface area contributed by atoms with Crippen molar-refractivity contribution in [2.24, 2.45) is 0 Å². The summed E-state index contributed by atoms with van der Waals surface area (Å²) >= 11 is 0. The highest BCUT2D eigenvalue weighted by molar-refractivity contribution is 5.90. The van der Waals surface area contributed by atoms with Gasteiger partial charge in [0.25, 0.3) is 0 Å². The highest BCUT2D eigenvalue weighted by Crippen LogP contribution is 2.43. The lowest BCUT2D eigenvalue weighted by atomic mass is 10.0. The molecule has 0 heterocycles. The SMILES string of the molecule is C=C(C)C(=O)Oc1ccc(-c2cc(OC=C(C)C)c(OC(=O)C(=C)C)c(OC=C(C)C)c2)cc1. The summed E-state index contributed by atoms with van der Waals surface area (Å²) in [7, 11) is 0. The predicted octanol–water partition coefficient (Wildman–Crippen LogP) is 6.92. The third-order valence-corrected chi connectivity index (χ3v) is 4.15. The largest absolute Gasteiger partial charge is 0.461 e. The minimum absolute atomic E-state index is 0.138. The lowest BCUT2D eigenvalue weighted by Gasteiger charge is -2.16. The molecule has 0 bridgehead atoms. The topological polar surface area (TPSA) is 71.1 Å². The van der Waals surface area contributed by atoms with Gasteiger partial charge in [-0.25, -0.2) is 9.59 Å². The highest BCUT2D eigenvalue weighted by Gasteiger charge is 2.20. The van der Waals surface area contributed by atoms with Crippen molar-refractivity contribution in [1.29, 1.82) is 0 Å². The standard InChI is InChI=1S/C28H30O6/c1-17(2)15-31-24-13-22(21-9-11-23(12-10-21)33-27(29)19(5)6)14-25(32-16-18(3)4)26(24)34-28(30)20(7)8/h9-16H,5,7H2,1-4,6,8H3. The number of allylic oxidation sites excluding steroid dienone is 2. The van der Waals surface area contributed by atoms with Gasteiger partial charge >= 0.3 is 11.9 Å². The van der Waals surface area contributed by atoms with E-state index in [-0.39, 0.29) is 11.3 Å². The summed E-state index contributed by atoms with van der Waals surface area (Å²) in [6.07, 6.45) is 3.12. The molecule has 2 aromatic carbocycles. The molecule has 6 heteroatoms. The maximum Gasteiger partial charge on any atom is 0.338 e. The molecule has 2 aromatic rings. The normalized spacial score (nSPS) is 9.94. The van der Waals surface area contributed by atoms with Crippen molar-refractivity contribution in [2.75, 3.05) is 0 Å². The van der Waals surface area contributed by atoms with E-state index in [4.69, 9.17) is 18.9 Å². The Kier molecular flexibility index (Phi) is 9.01. The van der Waals surface area contributed by atoms with E-state index >= 15 is 0 Å². The van der Waals surface area contributed by atoms with Gasteiger partial charge in [0.2, 0.25) is 5.75 Å². The summed E-state index contributed by atoms with van der Waals surface area (Å²) in [5, 5.41) is 0. The van der Waals surface area contributed by atoms with E-state index in [0.29, 0.717) is 22.8 Å². The fourth-order valence-electron chi connectivity index (χ4n) is 2.47. The van der Waals surface area contributed by atoms with E-state index in [2.05, 4.69) is 13.2 Å². The molecule has 0 saturated heterocycles. The van der Waals surface area contributed by atoms with Crippen LogP contribution in [0.5, 0.6) is 23.0 Å². The van der Waals surface area contributed by atoms with Crippen molar-refractivity contribution in [2.45, 2.75) is 41.5 Å². The maximum atomic E-state index is 12.3. The number of rotatable bonds is 9. The molecule has 0 atom stereocenters. The van der Waals surface area contributed by atoms with Crippen molar-refractivity contribution in [3.63, 3.8) is 0 Å². The van der Waals surface area contributed by atoms with Crippen LogP contribution in [-0.2, 0) is 9.59 Å². The van der Waals surface area contributed by atoms with Gasteiger partial charge in [0.05, 0.1) is 12.5 Å². The number of esters is 2. The molecule has 6 nitrogen and oxygen atoms in total. The number of hydrogen-bond acceptors (Lipinski definition) is 6. The fraction of sp³-hybridized carbons (Fsp3) is 0.214. The van der Waals surface area contributed by atoms with Crippen LogP contribution < -0.4 is 18.9 Å². The number of hydrogen-bond donors (Lipinski definition) is 0. The minimum Gasteiger partial charge on any atom is -0.461 e. The van der Waals surface area contributed by atoms with Crippen LogP contribution in [-0.4, -0.2) is 11.9 Å². The van der Waals surface area contributed by atoms with Gasteiger partial charge in [-0.05, 0) is 88.1 Å². The first-order chi connectivity index (χ1) is 16.0. The van der Waals surface area contributed by atoms with Crippen LogP contribution >= 0.6 is 0 Å². The molecule has 0 amide bonds. The zero-order valence-electron chi connectivity index (χ0n) is 20.5. The van der Waals surface area contributed by atoms with Crippen LogP contribution in [0.4, 0.5) is 0 Å². The monoisotopic (exact) mass is 462 g/mol. The number of carbonyl (C=O) groups is 2. The van der Waals surface area contributed by atoms with Crippen LogP contribution in [0, 0.1) is 0 Å². The van der Waals surface area contributed by atoms with E-state index < -0.39 is 11.9 Å². The van der Waals surface area contributed by atoms with Gasteiger partial charge in [-0.15, -0.1) is 0 Å². The Morgan fingerprint density at radius 2 is 1.12 bits per heavy atom. The number of benzene rings is 2. The lowest BCUT2D eigenvalue weighted by Crippen LogP contribution is -2.10. The van der Waals surface area contributed by atoms with E-state index in [1.165, 1.54) is 0 Å². The molecular formula is C28H30O6. The maximum absolute atomic E-state index is 12.3. The van der Waals surface area contributed by atoms with Crippen LogP contribution in [0.25, 0.3) is 11.1 Å². The zero-order chi connectivity index (χ0) is 25.4. The molecule has 0 aliphatic rings. The van der Waals surface area contributed by atoms with Crippen LogP contribution in [0.2, 0.25) is 0 Å². The fourth-order valence-corrected chi connectivity index (χ4v) is 2.47. The van der Waals surface area contributed by atoms with E-state index in [1.54, 1.807) is 62.8 Å². The Morgan fingerprint density at radius 3 is 1.53 bits per heavy atom. The zero-order valence-corrected chi connectivity index (χ0v) is 20.5. The van der Waals surface area contributed by atoms with Gasteiger partial charge in [-0.2, -0.15) is 0 Å². The average molecular weight is 463 g/mol. The summed E-state index contributed by atoms with van der Waals surface area (Å²) in [5.74, 6) is 0.0304. The summed E-state index contributed by atoms with van der Waals surface area (Å²) in [6.45, 7) is 17.9. The van der Waals surface area contributed by atoms with E-state index in [0.717, 1.165) is 22.3 Å². The Labute approximate surface area is 200 Å². The molecule has 0 spiro atoms. The minimum atomic E-state index is -0.597. The molecular weight excluding hydrogens is 432 g/mol. The Morgan fingerprint density at radius 1 is 0.676 bits per heavy atom. The molecule has 0 fully saturated rings. The smallest absolute Gasteiger partial charge is 0.338 e. The van der Waals surface area contributed by atoms with Gasteiger partial charge < -0.3 is 18.9 Å². The third kappa shape index (κ3) is 7.52. The molecule has 0 unspecified atom stereocenters. The number of ether oxygens (including phenoxy) is 4. The Balaban J connectivity index is 2.59. The van der Waals surface area contributed by atoms with Crippen LogP contribution in [0.1, 0.15) is 41.5 Å². The molecule has 0 aliphatic heterocycles. The molecule has 178 valence electrons. The highest BCUT2D eigenvalue weighted by atomic mass is 16.6.